The topological polar surface area (TPSA) is 49.8 Å². The number of unbranched alkanes of at least 4 members (excludes halogenated alkanes) is 1. The van der Waals surface area contributed by atoms with Crippen molar-refractivity contribution in [1.82, 2.24) is 5.06 Å². The maximum absolute atomic E-state index is 11.7. The minimum Gasteiger partial charge on any atom is -0.497 e. The molecule has 0 aliphatic heterocycles. The van der Waals surface area contributed by atoms with Crippen LogP contribution >= 0.6 is 0 Å². The van der Waals surface area contributed by atoms with Crippen LogP contribution in [-0.4, -0.2) is 29.8 Å². The minimum atomic E-state index is -0.379. The molecule has 0 radical (unpaired) electrons. The molecule has 0 aliphatic carbocycles. The van der Waals surface area contributed by atoms with Crippen molar-refractivity contribution in [3.05, 3.63) is 29.8 Å². The normalized spacial score (nSPS) is 9.94. The van der Waals surface area contributed by atoms with Gasteiger partial charge >= 0.3 is 0 Å². The highest BCUT2D eigenvalue weighted by atomic mass is 16.5. The summed E-state index contributed by atoms with van der Waals surface area (Å²) in [6.07, 6.45) is 1.73. The lowest BCUT2D eigenvalue weighted by Crippen LogP contribution is -2.28. The number of benzene rings is 1. The fourth-order valence-corrected chi connectivity index (χ4v) is 1.29. The van der Waals surface area contributed by atoms with Crippen molar-refractivity contribution in [2.45, 2.75) is 19.8 Å². The molecule has 0 spiro atoms. The standard InChI is InChI=1S/C12H17NO3/c1-3-4-9-13(15)12(14)10-5-7-11(16-2)8-6-10/h5-8,15H,3-4,9H2,1-2H3. The zero-order valence-electron chi connectivity index (χ0n) is 9.64. The highest BCUT2D eigenvalue weighted by Crippen LogP contribution is 2.12. The number of ether oxygens (including phenoxy) is 1. The molecular formula is C12H17NO3. The molecule has 0 unspecified atom stereocenters. The fourth-order valence-electron chi connectivity index (χ4n) is 1.29. The lowest BCUT2D eigenvalue weighted by atomic mass is 10.2. The number of carbonyl (C=O) groups excluding carboxylic acids is 1. The third-order valence-electron chi connectivity index (χ3n) is 2.29. The van der Waals surface area contributed by atoms with Gasteiger partial charge in [-0.1, -0.05) is 13.3 Å². The summed E-state index contributed by atoms with van der Waals surface area (Å²) in [7, 11) is 1.57. The molecule has 88 valence electrons. The molecular weight excluding hydrogens is 206 g/mol. The summed E-state index contributed by atoms with van der Waals surface area (Å²) in [5, 5.41) is 10.2. The number of nitrogens with zero attached hydrogens (tertiary/aromatic N) is 1. The number of rotatable bonds is 5. The molecule has 0 bridgehead atoms. The second-order valence-corrected chi connectivity index (χ2v) is 3.51. The Morgan fingerprint density at radius 2 is 2.00 bits per heavy atom. The van der Waals surface area contributed by atoms with E-state index in [-0.39, 0.29) is 5.91 Å². The number of hydroxylamine groups is 2. The van der Waals surface area contributed by atoms with Gasteiger partial charge in [-0.05, 0) is 30.7 Å². The second kappa shape index (κ2) is 6.12. The predicted molar refractivity (Wildman–Crippen MR) is 60.7 cm³/mol. The van der Waals surface area contributed by atoms with Gasteiger partial charge in [-0.15, -0.1) is 0 Å². The van der Waals surface area contributed by atoms with Crippen molar-refractivity contribution in [2.24, 2.45) is 0 Å². The summed E-state index contributed by atoms with van der Waals surface area (Å²) in [6.45, 7) is 2.37. The molecule has 1 aromatic carbocycles. The zero-order valence-corrected chi connectivity index (χ0v) is 9.64. The molecule has 1 N–H and O–H groups in total. The van der Waals surface area contributed by atoms with E-state index < -0.39 is 0 Å². The van der Waals surface area contributed by atoms with Crippen LogP contribution in [0.1, 0.15) is 30.1 Å². The molecule has 4 heteroatoms. The van der Waals surface area contributed by atoms with E-state index >= 15 is 0 Å². The van der Waals surface area contributed by atoms with Gasteiger partial charge < -0.3 is 4.74 Å². The monoisotopic (exact) mass is 223 g/mol. The van der Waals surface area contributed by atoms with E-state index in [0.29, 0.717) is 17.9 Å². The van der Waals surface area contributed by atoms with Crippen molar-refractivity contribution in [1.29, 1.82) is 0 Å². The fraction of sp³-hybridized carbons (Fsp3) is 0.417. The van der Waals surface area contributed by atoms with Crippen LogP contribution in [0.4, 0.5) is 0 Å². The molecule has 0 saturated heterocycles. The number of methoxy groups -OCH3 is 1. The van der Waals surface area contributed by atoms with Crippen LogP contribution in [0.5, 0.6) is 5.75 Å². The molecule has 1 rings (SSSR count). The van der Waals surface area contributed by atoms with Crippen molar-refractivity contribution in [3.63, 3.8) is 0 Å². The Morgan fingerprint density at radius 1 is 1.38 bits per heavy atom. The molecule has 0 aromatic heterocycles. The predicted octanol–water partition coefficient (Wildman–Crippen LogP) is 2.33. The first kappa shape index (κ1) is 12.5. The molecule has 0 saturated carbocycles. The summed E-state index contributed by atoms with van der Waals surface area (Å²) in [4.78, 5) is 11.7. The van der Waals surface area contributed by atoms with Crippen LogP contribution in [0.15, 0.2) is 24.3 Å². The molecule has 4 nitrogen and oxygen atoms in total. The summed E-state index contributed by atoms with van der Waals surface area (Å²) in [5.41, 5.74) is 0.458. The maximum Gasteiger partial charge on any atom is 0.277 e. The lowest BCUT2D eigenvalue weighted by molar-refractivity contribution is -0.0586. The van der Waals surface area contributed by atoms with Gasteiger partial charge in [0.1, 0.15) is 5.75 Å². The smallest absolute Gasteiger partial charge is 0.277 e. The Kier molecular flexibility index (Phi) is 4.79. The van der Waals surface area contributed by atoms with Gasteiger partial charge in [0.05, 0.1) is 7.11 Å². The summed E-state index contributed by atoms with van der Waals surface area (Å²) < 4.78 is 4.99. The lowest BCUT2D eigenvalue weighted by Gasteiger charge is -2.14. The Labute approximate surface area is 95.4 Å². The van der Waals surface area contributed by atoms with Crippen molar-refractivity contribution in [2.75, 3.05) is 13.7 Å². The van der Waals surface area contributed by atoms with Crippen molar-refractivity contribution >= 4 is 5.91 Å². The van der Waals surface area contributed by atoms with Gasteiger partial charge in [-0.3, -0.25) is 10.0 Å². The Balaban J connectivity index is 2.64. The minimum absolute atomic E-state index is 0.362. The third-order valence-corrected chi connectivity index (χ3v) is 2.29. The van der Waals surface area contributed by atoms with E-state index in [1.54, 1.807) is 31.4 Å². The van der Waals surface area contributed by atoms with Crippen LogP contribution in [0.2, 0.25) is 0 Å². The first-order chi connectivity index (χ1) is 7.69. The summed E-state index contributed by atoms with van der Waals surface area (Å²) in [5.74, 6) is 0.311. The molecule has 1 aromatic rings. The van der Waals surface area contributed by atoms with Crippen LogP contribution < -0.4 is 4.74 Å². The number of carbonyl (C=O) groups is 1. The Morgan fingerprint density at radius 3 is 2.50 bits per heavy atom. The quantitative estimate of drug-likeness (QED) is 0.615. The molecule has 0 fully saturated rings. The van der Waals surface area contributed by atoms with Gasteiger partial charge in [-0.25, -0.2) is 5.06 Å². The van der Waals surface area contributed by atoms with Crippen LogP contribution in [0.3, 0.4) is 0 Å². The molecule has 0 heterocycles. The molecule has 0 atom stereocenters. The maximum atomic E-state index is 11.7. The first-order valence-corrected chi connectivity index (χ1v) is 5.33. The SMILES string of the molecule is CCCCN(O)C(=O)c1ccc(OC)cc1. The van der Waals surface area contributed by atoms with E-state index in [0.717, 1.165) is 17.9 Å². The summed E-state index contributed by atoms with van der Waals surface area (Å²) >= 11 is 0. The second-order valence-electron chi connectivity index (χ2n) is 3.51. The number of hydrogen-bond acceptors (Lipinski definition) is 3. The Hall–Kier alpha value is -1.55. The third kappa shape index (κ3) is 3.24. The highest BCUT2D eigenvalue weighted by molar-refractivity contribution is 5.93. The van der Waals surface area contributed by atoms with Gasteiger partial charge in [0.15, 0.2) is 0 Å². The molecule has 1 amide bonds. The van der Waals surface area contributed by atoms with Crippen LogP contribution in [0.25, 0.3) is 0 Å². The largest absolute Gasteiger partial charge is 0.497 e. The van der Waals surface area contributed by atoms with E-state index in [4.69, 9.17) is 4.74 Å². The van der Waals surface area contributed by atoms with E-state index in [1.165, 1.54) is 0 Å². The van der Waals surface area contributed by atoms with E-state index in [1.807, 2.05) is 6.92 Å². The first-order valence-electron chi connectivity index (χ1n) is 5.33. The van der Waals surface area contributed by atoms with Crippen molar-refractivity contribution < 1.29 is 14.7 Å². The van der Waals surface area contributed by atoms with Crippen LogP contribution in [0, 0.1) is 0 Å². The van der Waals surface area contributed by atoms with Gasteiger partial charge in [0.2, 0.25) is 0 Å². The zero-order chi connectivity index (χ0) is 12.0. The van der Waals surface area contributed by atoms with Crippen molar-refractivity contribution in [3.8, 4) is 5.75 Å². The van der Waals surface area contributed by atoms with Crippen LogP contribution in [-0.2, 0) is 0 Å². The van der Waals surface area contributed by atoms with E-state index in [2.05, 4.69) is 0 Å². The van der Waals surface area contributed by atoms with E-state index in [9.17, 15) is 10.0 Å². The van der Waals surface area contributed by atoms with Gasteiger partial charge in [0, 0.05) is 12.1 Å². The Bertz CT molecular complexity index is 335. The average molecular weight is 223 g/mol. The summed E-state index contributed by atoms with van der Waals surface area (Å²) in [6, 6.07) is 6.66. The average Bonchev–Trinajstić information content (AvgIpc) is 2.35. The molecule has 16 heavy (non-hydrogen) atoms. The van der Waals surface area contributed by atoms with Gasteiger partial charge in [-0.2, -0.15) is 0 Å². The van der Waals surface area contributed by atoms with Gasteiger partial charge in [0.25, 0.3) is 5.91 Å². The number of amides is 1. The molecule has 0 aliphatic rings. The number of hydrogen-bond donors (Lipinski definition) is 1. The highest BCUT2D eigenvalue weighted by Gasteiger charge is 2.12.